The molecule has 1 unspecified atom stereocenters. The number of methoxy groups -OCH3 is 1. The fraction of sp³-hybridized carbons (Fsp3) is 0.238. The maximum absolute atomic E-state index is 12.5. The summed E-state index contributed by atoms with van der Waals surface area (Å²) in [7, 11) is 3.42. The highest BCUT2D eigenvalue weighted by Crippen LogP contribution is 2.30. The van der Waals surface area contributed by atoms with Crippen LogP contribution in [0, 0.1) is 0 Å². The Balaban J connectivity index is 1.80. The van der Waals surface area contributed by atoms with Crippen LogP contribution in [0.5, 0.6) is 17.2 Å². The van der Waals surface area contributed by atoms with E-state index in [1.165, 1.54) is 13.2 Å². The summed E-state index contributed by atoms with van der Waals surface area (Å²) in [4.78, 5) is 1.12. The Kier molecular flexibility index (Phi) is 6.36. The van der Waals surface area contributed by atoms with Crippen LogP contribution >= 0.6 is 15.9 Å². The summed E-state index contributed by atoms with van der Waals surface area (Å²) in [5.41, 5.74) is 1.78. The predicted molar refractivity (Wildman–Crippen MR) is 107 cm³/mol. The van der Waals surface area contributed by atoms with Gasteiger partial charge in [0.1, 0.15) is 18.8 Å². The Morgan fingerprint density at radius 3 is 2.54 bits per heavy atom. The summed E-state index contributed by atoms with van der Waals surface area (Å²) in [5.74, 6) is 0.534. The SMILES string of the molecule is COc1cc(C[NH+](C)Cc2c(O)ccc3cc(Br)ccc23)ccc1OC(F)F. The molecule has 3 rings (SSSR count). The van der Waals surface area contributed by atoms with Crippen molar-refractivity contribution in [2.24, 2.45) is 0 Å². The Labute approximate surface area is 170 Å². The molecule has 0 aliphatic rings. The molecule has 0 aromatic heterocycles. The lowest BCUT2D eigenvalue weighted by atomic mass is 10.0. The zero-order valence-corrected chi connectivity index (χ0v) is 17.1. The van der Waals surface area contributed by atoms with E-state index >= 15 is 0 Å². The van der Waals surface area contributed by atoms with Gasteiger partial charge in [-0.2, -0.15) is 8.78 Å². The van der Waals surface area contributed by atoms with E-state index in [1.807, 2.05) is 31.3 Å². The third-order valence-corrected chi connectivity index (χ3v) is 4.99. The molecule has 4 nitrogen and oxygen atoms in total. The summed E-state index contributed by atoms with van der Waals surface area (Å²) in [6.07, 6.45) is 0. The average molecular weight is 453 g/mol. The minimum atomic E-state index is -2.90. The largest absolute Gasteiger partial charge is 0.507 e. The van der Waals surface area contributed by atoms with E-state index < -0.39 is 6.61 Å². The van der Waals surface area contributed by atoms with Crippen LogP contribution in [0.1, 0.15) is 11.1 Å². The van der Waals surface area contributed by atoms with Gasteiger partial charge < -0.3 is 19.5 Å². The van der Waals surface area contributed by atoms with Crippen molar-refractivity contribution >= 4 is 26.7 Å². The van der Waals surface area contributed by atoms with E-state index in [2.05, 4.69) is 20.7 Å². The Hall–Kier alpha value is -2.38. The lowest BCUT2D eigenvalue weighted by Crippen LogP contribution is -3.06. The molecule has 0 fully saturated rings. The number of rotatable bonds is 7. The molecule has 2 N–H and O–H groups in total. The van der Waals surface area contributed by atoms with Gasteiger partial charge >= 0.3 is 6.61 Å². The van der Waals surface area contributed by atoms with Crippen LogP contribution in [0.25, 0.3) is 10.8 Å². The standard InChI is InChI=1S/C21H20BrF2NO3/c1-25(11-13-3-8-19(28-21(23)24)20(9-13)27-2)12-17-16-6-5-15(22)10-14(16)4-7-18(17)26/h3-10,21,26H,11-12H2,1-2H3/p+1. The van der Waals surface area contributed by atoms with Crippen LogP contribution in [0.3, 0.4) is 0 Å². The van der Waals surface area contributed by atoms with Gasteiger partial charge in [0.2, 0.25) is 0 Å². The van der Waals surface area contributed by atoms with Gasteiger partial charge in [-0.05, 0) is 47.2 Å². The maximum atomic E-state index is 12.5. The summed E-state index contributed by atoms with van der Waals surface area (Å²) < 4.78 is 35.6. The smallest absolute Gasteiger partial charge is 0.387 e. The molecule has 0 radical (unpaired) electrons. The molecule has 0 saturated heterocycles. The number of benzene rings is 3. The first kappa shape index (κ1) is 20.4. The summed E-state index contributed by atoms with van der Waals surface area (Å²) in [6, 6.07) is 14.5. The fourth-order valence-electron chi connectivity index (χ4n) is 3.27. The Morgan fingerprint density at radius 2 is 1.82 bits per heavy atom. The fourth-order valence-corrected chi connectivity index (χ4v) is 3.65. The van der Waals surface area contributed by atoms with E-state index in [0.29, 0.717) is 13.1 Å². The summed E-state index contributed by atoms with van der Waals surface area (Å²) >= 11 is 3.47. The topological polar surface area (TPSA) is 43.1 Å². The van der Waals surface area contributed by atoms with E-state index in [0.717, 1.165) is 31.3 Å². The van der Waals surface area contributed by atoms with Crippen molar-refractivity contribution in [2.45, 2.75) is 19.7 Å². The average Bonchev–Trinajstić information content (AvgIpc) is 2.65. The maximum Gasteiger partial charge on any atom is 0.387 e. The number of alkyl halides is 2. The van der Waals surface area contributed by atoms with E-state index in [1.54, 1.807) is 18.2 Å². The number of hydrogen-bond acceptors (Lipinski definition) is 3. The lowest BCUT2D eigenvalue weighted by Gasteiger charge is -2.18. The molecule has 0 saturated carbocycles. The van der Waals surface area contributed by atoms with Gasteiger partial charge in [0.15, 0.2) is 11.5 Å². The molecule has 0 bridgehead atoms. The first-order valence-corrected chi connectivity index (χ1v) is 9.50. The summed E-state index contributed by atoms with van der Waals surface area (Å²) in [5, 5.41) is 12.4. The molecule has 0 amide bonds. The molecule has 7 heteroatoms. The Bertz CT molecular complexity index is 981. The molecule has 0 aliphatic carbocycles. The third-order valence-electron chi connectivity index (χ3n) is 4.50. The van der Waals surface area contributed by atoms with Gasteiger partial charge in [0.25, 0.3) is 0 Å². The molecular formula is C21H21BrF2NO3+. The van der Waals surface area contributed by atoms with Gasteiger partial charge in [0, 0.05) is 10.0 Å². The first-order valence-electron chi connectivity index (χ1n) is 8.70. The molecule has 0 aliphatic heterocycles. The van der Waals surface area contributed by atoms with Crippen LogP contribution < -0.4 is 14.4 Å². The number of phenols is 1. The second-order valence-corrected chi connectivity index (χ2v) is 7.52. The zero-order valence-electron chi connectivity index (χ0n) is 15.5. The van der Waals surface area contributed by atoms with Gasteiger partial charge in [-0.3, -0.25) is 0 Å². The normalized spacial score (nSPS) is 12.4. The second kappa shape index (κ2) is 8.75. The number of hydrogen-bond donors (Lipinski definition) is 2. The van der Waals surface area contributed by atoms with E-state index in [4.69, 9.17) is 4.74 Å². The molecule has 148 valence electrons. The van der Waals surface area contributed by atoms with Crippen LogP contribution in [-0.4, -0.2) is 25.9 Å². The van der Waals surface area contributed by atoms with Gasteiger partial charge in [-0.25, -0.2) is 0 Å². The van der Waals surface area contributed by atoms with Gasteiger partial charge in [-0.1, -0.05) is 28.1 Å². The van der Waals surface area contributed by atoms with E-state index in [9.17, 15) is 13.9 Å². The van der Waals surface area contributed by atoms with Crippen molar-refractivity contribution in [3.05, 3.63) is 64.1 Å². The zero-order chi connectivity index (χ0) is 20.3. The van der Waals surface area contributed by atoms with Crippen molar-refractivity contribution in [1.29, 1.82) is 0 Å². The van der Waals surface area contributed by atoms with Crippen LogP contribution in [0.15, 0.2) is 53.0 Å². The van der Waals surface area contributed by atoms with Crippen molar-refractivity contribution in [1.82, 2.24) is 0 Å². The van der Waals surface area contributed by atoms with Gasteiger partial charge in [0.05, 0.1) is 19.7 Å². The minimum Gasteiger partial charge on any atom is -0.507 e. The van der Waals surface area contributed by atoms with Crippen molar-refractivity contribution in [3.63, 3.8) is 0 Å². The minimum absolute atomic E-state index is 0.0103. The lowest BCUT2D eigenvalue weighted by molar-refractivity contribution is -0.907. The molecule has 0 heterocycles. The highest BCUT2D eigenvalue weighted by atomic mass is 79.9. The molecular weight excluding hydrogens is 432 g/mol. The van der Waals surface area contributed by atoms with Crippen LogP contribution in [0.2, 0.25) is 0 Å². The number of nitrogens with one attached hydrogen (secondary N) is 1. The molecule has 28 heavy (non-hydrogen) atoms. The first-order chi connectivity index (χ1) is 13.4. The van der Waals surface area contributed by atoms with Crippen molar-refractivity contribution in [2.75, 3.05) is 14.2 Å². The molecule has 3 aromatic carbocycles. The highest BCUT2D eigenvalue weighted by molar-refractivity contribution is 9.10. The number of fused-ring (bicyclic) bond motifs is 1. The second-order valence-electron chi connectivity index (χ2n) is 6.60. The van der Waals surface area contributed by atoms with Gasteiger partial charge in [-0.15, -0.1) is 0 Å². The third kappa shape index (κ3) is 4.72. The number of phenolic OH excluding ortho intramolecular Hbond substituents is 1. The number of ether oxygens (including phenoxy) is 2. The highest BCUT2D eigenvalue weighted by Gasteiger charge is 2.15. The molecule has 3 aromatic rings. The number of quaternary nitrogens is 1. The monoisotopic (exact) mass is 452 g/mol. The van der Waals surface area contributed by atoms with Crippen molar-refractivity contribution in [3.8, 4) is 17.2 Å². The number of aromatic hydroxyl groups is 1. The molecule has 1 atom stereocenters. The Morgan fingerprint density at radius 1 is 1.04 bits per heavy atom. The summed E-state index contributed by atoms with van der Waals surface area (Å²) in [6.45, 7) is -1.68. The number of halogens is 3. The van der Waals surface area contributed by atoms with Crippen LogP contribution in [-0.2, 0) is 13.1 Å². The van der Waals surface area contributed by atoms with Crippen molar-refractivity contribution < 1.29 is 28.3 Å². The quantitative estimate of drug-likeness (QED) is 0.566. The van der Waals surface area contributed by atoms with Crippen LogP contribution in [0.4, 0.5) is 8.78 Å². The molecule has 0 spiro atoms. The predicted octanol–water partition coefficient (Wildman–Crippen LogP) is 4.13. The van der Waals surface area contributed by atoms with E-state index in [-0.39, 0.29) is 17.2 Å².